The second-order valence-electron chi connectivity index (χ2n) is 6.02. The summed E-state index contributed by atoms with van der Waals surface area (Å²) in [6.45, 7) is 8.03. The number of rotatable bonds is 10. The molecule has 0 saturated carbocycles. The standard InChI is InChI=1S/C21H27N3O3/c1-5-26-19-8-7-16(12-20(19)27-6-2)9-10-23-21-18(13-22)17(14-25-4)11-15(3)24-21/h7-8,11-12H,5-6,9-10,14H2,1-4H3,(H,23,24). The van der Waals surface area contributed by atoms with Gasteiger partial charge in [-0.2, -0.15) is 5.26 Å². The van der Waals surface area contributed by atoms with Gasteiger partial charge in [0.1, 0.15) is 11.9 Å². The van der Waals surface area contributed by atoms with Crippen molar-refractivity contribution in [2.45, 2.75) is 33.8 Å². The highest BCUT2D eigenvalue weighted by molar-refractivity contribution is 5.56. The van der Waals surface area contributed by atoms with Crippen LogP contribution in [0.15, 0.2) is 24.3 Å². The van der Waals surface area contributed by atoms with E-state index in [4.69, 9.17) is 14.2 Å². The molecule has 0 amide bonds. The Balaban J connectivity index is 2.10. The van der Waals surface area contributed by atoms with Gasteiger partial charge in [-0.25, -0.2) is 4.98 Å². The molecule has 0 saturated heterocycles. The molecule has 0 unspecified atom stereocenters. The number of anilines is 1. The molecule has 0 aliphatic rings. The quantitative estimate of drug-likeness (QED) is 0.685. The minimum atomic E-state index is 0.386. The zero-order valence-corrected chi connectivity index (χ0v) is 16.5. The first kappa shape index (κ1) is 20.5. The summed E-state index contributed by atoms with van der Waals surface area (Å²) in [7, 11) is 1.62. The van der Waals surface area contributed by atoms with Gasteiger partial charge in [0.05, 0.1) is 25.4 Å². The predicted octanol–water partition coefficient (Wildman–Crippen LogP) is 3.86. The van der Waals surface area contributed by atoms with E-state index in [0.29, 0.717) is 37.7 Å². The Kier molecular flexibility index (Phi) is 7.90. The van der Waals surface area contributed by atoms with Crippen molar-refractivity contribution >= 4 is 5.82 Å². The number of benzene rings is 1. The largest absolute Gasteiger partial charge is 0.490 e. The van der Waals surface area contributed by atoms with Gasteiger partial charge in [-0.15, -0.1) is 0 Å². The second kappa shape index (κ2) is 10.4. The summed E-state index contributed by atoms with van der Waals surface area (Å²) < 4.78 is 16.5. The average molecular weight is 369 g/mol. The molecule has 1 N–H and O–H groups in total. The average Bonchev–Trinajstić information content (AvgIpc) is 2.64. The third kappa shape index (κ3) is 5.60. The molecule has 0 aliphatic heterocycles. The van der Waals surface area contributed by atoms with E-state index in [2.05, 4.69) is 16.4 Å². The molecule has 0 fully saturated rings. The molecule has 6 nitrogen and oxygen atoms in total. The molecular formula is C21H27N3O3. The summed E-state index contributed by atoms with van der Waals surface area (Å²) in [5.74, 6) is 2.11. The summed E-state index contributed by atoms with van der Waals surface area (Å²) >= 11 is 0. The molecule has 1 aromatic heterocycles. The Morgan fingerprint density at radius 3 is 2.52 bits per heavy atom. The van der Waals surface area contributed by atoms with Gasteiger partial charge in [0, 0.05) is 24.9 Å². The normalized spacial score (nSPS) is 10.3. The third-order valence-corrected chi connectivity index (χ3v) is 3.95. The second-order valence-corrected chi connectivity index (χ2v) is 6.02. The molecule has 0 radical (unpaired) electrons. The zero-order valence-electron chi connectivity index (χ0n) is 16.5. The van der Waals surface area contributed by atoms with Crippen LogP contribution < -0.4 is 14.8 Å². The Hall–Kier alpha value is -2.78. The van der Waals surface area contributed by atoms with Crippen molar-refractivity contribution < 1.29 is 14.2 Å². The summed E-state index contributed by atoms with van der Waals surface area (Å²) in [6, 6.07) is 10.1. The van der Waals surface area contributed by atoms with Gasteiger partial charge in [0.25, 0.3) is 0 Å². The molecule has 1 aromatic carbocycles. The van der Waals surface area contributed by atoms with Gasteiger partial charge >= 0.3 is 0 Å². The van der Waals surface area contributed by atoms with E-state index in [0.717, 1.165) is 34.7 Å². The van der Waals surface area contributed by atoms with E-state index in [1.54, 1.807) is 7.11 Å². The first-order valence-corrected chi connectivity index (χ1v) is 9.14. The Morgan fingerprint density at radius 2 is 1.85 bits per heavy atom. The number of nitrogens with one attached hydrogen (secondary N) is 1. The van der Waals surface area contributed by atoms with Crippen molar-refractivity contribution in [1.29, 1.82) is 5.26 Å². The molecule has 2 rings (SSSR count). The molecule has 0 atom stereocenters. The predicted molar refractivity (Wildman–Crippen MR) is 105 cm³/mol. The molecule has 144 valence electrons. The van der Waals surface area contributed by atoms with E-state index in [9.17, 15) is 5.26 Å². The van der Waals surface area contributed by atoms with Crippen LogP contribution in [-0.4, -0.2) is 31.9 Å². The van der Waals surface area contributed by atoms with Gasteiger partial charge in [-0.05, 0) is 51.0 Å². The molecule has 27 heavy (non-hydrogen) atoms. The molecule has 2 aromatic rings. The van der Waals surface area contributed by atoms with Gasteiger partial charge in [-0.1, -0.05) is 6.07 Å². The lowest BCUT2D eigenvalue weighted by Gasteiger charge is -2.14. The highest BCUT2D eigenvalue weighted by Crippen LogP contribution is 2.29. The molecule has 1 heterocycles. The van der Waals surface area contributed by atoms with Crippen molar-refractivity contribution in [1.82, 2.24) is 4.98 Å². The van der Waals surface area contributed by atoms with Crippen LogP contribution in [0, 0.1) is 18.3 Å². The van der Waals surface area contributed by atoms with Crippen LogP contribution in [-0.2, 0) is 17.8 Å². The monoisotopic (exact) mass is 369 g/mol. The third-order valence-electron chi connectivity index (χ3n) is 3.95. The fourth-order valence-electron chi connectivity index (χ4n) is 2.84. The number of nitriles is 1. The number of hydrogen-bond donors (Lipinski definition) is 1. The number of aromatic nitrogens is 1. The Bertz CT molecular complexity index is 800. The van der Waals surface area contributed by atoms with Crippen LogP contribution in [0.25, 0.3) is 0 Å². The Morgan fingerprint density at radius 1 is 1.11 bits per heavy atom. The fourth-order valence-corrected chi connectivity index (χ4v) is 2.84. The number of ether oxygens (including phenoxy) is 3. The topological polar surface area (TPSA) is 76.4 Å². The maximum Gasteiger partial charge on any atom is 0.161 e. The fraction of sp³-hybridized carbons (Fsp3) is 0.429. The van der Waals surface area contributed by atoms with E-state index in [1.807, 2.05) is 45.0 Å². The highest BCUT2D eigenvalue weighted by atomic mass is 16.5. The van der Waals surface area contributed by atoms with Crippen LogP contribution in [0.2, 0.25) is 0 Å². The van der Waals surface area contributed by atoms with Gasteiger partial charge in [-0.3, -0.25) is 0 Å². The van der Waals surface area contributed by atoms with Crippen LogP contribution in [0.1, 0.15) is 36.2 Å². The first-order valence-electron chi connectivity index (χ1n) is 9.14. The SMILES string of the molecule is CCOc1ccc(CCNc2nc(C)cc(COC)c2C#N)cc1OCC. The van der Waals surface area contributed by atoms with Crippen molar-refractivity contribution in [3.05, 3.63) is 46.6 Å². The van der Waals surface area contributed by atoms with Crippen LogP contribution in [0.5, 0.6) is 11.5 Å². The minimum Gasteiger partial charge on any atom is -0.490 e. The van der Waals surface area contributed by atoms with Gasteiger partial charge in [0.15, 0.2) is 11.5 Å². The lowest BCUT2D eigenvalue weighted by molar-refractivity contribution is 0.184. The molecule has 0 bridgehead atoms. The van der Waals surface area contributed by atoms with Crippen molar-refractivity contribution in [3.63, 3.8) is 0 Å². The number of nitrogens with zero attached hydrogens (tertiary/aromatic N) is 2. The summed E-state index contributed by atoms with van der Waals surface area (Å²) in [5, 5.41) is 12.8. The molecule has 0 spiro atoms. The lowest BCUT2D eigenvalue weighted by atomic mass is 10.1. The van der Waals surface area contributed by atoms with Crippen LogP contribution in [0.4, 0.5) is 5.82 Å². The maximum absolute atomic E-state index is 9.49. The van der Waals surface area contributed by atoms with Crippen LogP contribution >= 0.6 is 0 Å². The van der Waals surface area contributed by atoms with E-state index in [-0.39, 0.29) is 0 Å². The smallest absolute Gasteiger partial charge is 0.161 e. The van der Waals surface area contributed by atoms with Gasteiger partial charge in [0.2, 0.25) is 0 Å². The molecular weight excluding hydrogens is 342 g/mol. The minimum absolute atomic E-state index is 0.386. The van der Waals surface area contributed by atoms with E-state index < -0.39 is 0 Å². The zero-order chi connectivity index (χ0) is 19.6. The van der Waals surface area contributed by atoms with Gasteiger partial charge < -0.3 is 19.5 Å². The van der Waals surface area contributed by atoms with Crippen molar-refractivity contribution in [3.8, 4) is 17.6 Å². The number of aryl methyl sites for hydroxylation is 1. The number of methoxy groups -OCH3 is 1. The summed E-state index contributed by atoms with van der Waals surface area (Å²) in [4.78, 5) is 4.47. The summed E-state index contributed by atoms with van der Waals surface area (Å²) in [5.41, 5.74) is 3.35. The van der Waals surface area contributed by atoms with E-state index >= 15 is 0 Å². The van der Waals surface area contributed by atoms with Crippen molar-refractivity contribution in [2.75, 3.05) is 32.2 Å². The van der Waals surface area contributed by atoms with Crippen molar-refractivity contribution in [2.24, 2.45) is 0 Å². The first-order chi connectivity index (χ1) is 13.1. The number of hydrogen-bond acceptors (Lipinski definition) is 6. The molecule has 6 heteroatoms. The molecule has 0 aliphatic carbocycles. The summed E-state index contributed by atoms with van der Waals surface area (Å²) in [6.07, 6.45) is 0.770. The highest BCUT2D eigenvalue weighted by Gasteiger charge is 2.11. The van der Waals surface area contributed by atoms with E-state index in [1.165, 1.54) is 0 Å². The lowest BCUT2D eigenvalue weighted by Crippen LogP contribution is -2.10. The number of pyridine rings is 1. The Labute approximate surface area is 161 Å². The maximum atomic E-state index is 9.49. The van der Waals surface area contributed by atoms with Crippen LogP contribution in [0.3, 0.4) is 0 Å².